The van der Waals surface area contributed by atoms with E-state index >= 15 is 0 Å². The Kier molecular flexibility index (Phi) is 4.84. The Morgan fingerprint density at radius 2 is 1.80 bits per heavy atom. The number of para-hydroxylation sites is 1. The molecule has 128 valence electrons. The Balaban J connectivity index is 2.15. The lowest BCUT2D eigenvalue weighted by Gasteiger charge is -2.10. The fourth-order valence-corrected chi connectivity index (χ4v) is 2.41. The van der Waals surface area contributed by atoms with Crippen LogP contribution in [0.2, 0.25) is 0 Å². The van der Waals surface area contributed by atoms with Crippen molar-refractivity contribution < 1.29 is 18.7 Å². The van der Waals surface area contributed by atoms with E-state index in [1.807, 2.05) is 38.1 Å². The van der Waals surface area contributed by atoms with Gasteiger partial charge in [0.15, 0.2) is 5.76 Å². The smallest absolute Gasteiger partial charge is 0.452 e. The van der Waals surface area contributed by atoms with Gasteiger partial charge in [0.2, 0.25) is 11.2 Å². The Morgan fingerprint density at radius 3 is 2.52 bits per heavy atom. The molecule has 0 bridgehead atoms. The first-order valence-corrected chi connectivity index (χ1v) is 8.07. The number of benzene rings is 2. The summed E-state index contributed by atoms with van der Waals surface area (Å²) in [7, 11) is 0. The van der Waals surface area contributed by atoms with Gasteiger partial charge >= 0.3 is 6.16 Å². The largest absolute Gasteiger partial charge is 0.514 e. The molecule has 0 aliphatic heterocycles. The van der Waals surface area contributed by atoms with Gasteiger partial charge in [-0.25, -0.2) is 4.79 Å². The fourth-order valence-electron chi connectivity index (χ4n) is 2.41. The summed E-state index contributed by atoms with van der Waals surface area (Å²) >= 11 is 0. The first-order valence-electron chi connectivity index (χ1n) is 8.07. The second-order valence-corrected chi connectivity index (χ2v) is 5.65. The van der Waals surface area contributed by atoms with Crippen molar-refractivity contribution >= 4 is 17.1 Å². The molecule has 25 heavy (non-hydrogen) atoms. The standard InChI is InChI=1S/C20H18O5/c1-3-12-23-20(22)25-19-17(21)15-6-4-5-7-16(15)24-18(19)14-10-8-13(2)9-11-14/h4-11H,3,12H2,1-2H3. The highest BCUT2D eigenvalue weighted by molar-refractivity contribution is 5.83. The molecule has 0 radical (unpaired) electrons. The lowest BCUT2D eigenvalue weighted by atomic mass is 10.1. The maximum Gasteiger partial charge on any atom is 0.514 e. The minimum Gasteiger partial charge on any atom is -0.452 e. The highest BCUT2D eigenvalue weighted by atomic mass is 16.7. The molecule has 0 amide bonds. The maximum absolute atomic E-state index is 12.8. The zero-order valence-electron chi connectivity index (χ0n) is 14.1. The summed E-state index contributed by atoms with van der Waals surface area (Å²) < 4.78 is 16.0. The molecule has 1 heterocycles. The molecular formula is C20H18O5. The number of carbonyl (C=O) groups excluding carboxylic acids is 1. The molecule has 5 nitrogen and oxygen atoms in total. The molecule has 2 aromatic carbocycles. The number of rotatable bonds is 4. The van der Waals surface area contributed by atoms with E-state index in [9.17, 15) is 9.59 Å². The second kappa shape index (κ2) is 7.21. The summed E-state index contributed by atoms with van der Waals surface area (Å²) in [4.78, 5) is 24.7. The van der Waals surface area contributed by atoms with Gasteiger partial charge in [-0.05, 0) is 25.5 Å². The van der Waals surface area contributed by atoms with Crippen LogP contribution in [0.1, 0.15) is 18.9 Å². The Labute approximate surface area is 144 Å². The average molecular weight is 338 g/mol. The summed E-state index contributed by atoms with van der Waals surface area (Å²) in [5.41, 5.74) is 1.73. The number of aryl methyl sites for hydroxylation is 1. The van der Waals surface area contributed by atoms with Gasteiger partial charge in [-0.3, -0.25) is 4.79 Å². The van der Waals surface area contributed by atoms with Crippen molar-refractivity contribution in [1.29, 1.82) is 0 Å². The van der Waals surface area contributed by atoms with Gasteiger partial charge in [-0.1, -0.05) is 48.9 Å². The molecule has 0 fully saturated rings. The van der Waals surface area contributed by atoms with E-state index in [4.69, 9.17) is 13.9 Å². The molecule has 0 N–H and O–H groups in total. The average Bonchev–Trinajstić information content (AvgIpc) is 2.63. The van der Waals surface area contributed by atoms with Crippen LogP contribution in [0.3, 0.4) is 0 Å². The molecule has 3 rings (SSSR count). The molecule has 0 saturated carbocycles. The van der Waals surface area contributed by atoms with Crippen LogP contribution in [-0.2, 0) is 4.74 Å². The number of ether oxygens (including phenoxy) is 2. The van der Waals surface area contributed by atoms with Crippen LogP contribution < -0.4 is 10.2 Å². The molecular weight excluding hydrogens is 320 g/mol. The normalized spacial score (nSPS) is 10.6. The number of carbonyl (C=O) groups is 1. The van der Waals surface area contributed by atoms with Crippen molar-refractivity contribution in [2.45, 2.75) is 20.3 Å². The molecule has 1 aromatic heterocycles. The van der Waals surface area contributed by atoms with Gasteiger partial charge in [0.1, 0.15) is 5.58 Å². The summed E-state index contributed by atoms with van der Waals surface area (Å²) in [5.74, 6) is 0.0424. The van der Waals surface area contributed by atoms with Crippen molar-refractivity contribution in [2.75, 3.05) is 6.61 Å². The topological polar surface area (TPSA) is 65.7 Å². The third-order valence-corrected chi connectivity index (χ3v) is 3.68. The maximum atomic E-state index is 12.8. The van der Waals surface area contributed by atoms with Gasteiger partial charge in [-0.15, -0.1) is 0 Å². The van der Waals surface area contributed by atoms with Crippen LogP contribution >= 0.6 is 0 Å². The zero-order chi connectivity index (χ0) is 17.8. The molecule has 0 spiro atoms. The quantitative estimate of drug-likeness (QED) is 0.645. The van der Waals surface area contributed by atoms with Crippen LogP contribution in [0, 0.1) is 6.92 Å². The fraction of sp³-hybridized carbons (Fsp3) is 0.200. The zero-order valence-corrected chi connectivity index (χ0v) is 14.1. The highest BCUT2D eigenvalue weighted by Crippen LogP contribution is 2.31. The molecule has 3 aromatic rings. The third kappa shape index (κ3) is 3.55. The van der Waals surface area contributed by atoms with Crippen molar-refractivity contribution in [3.05, 3.63) is 64.3 Å². The third-order valence-electron chi connectivity index (χ3n) is 3.68. The van der Waals surface area contributed by atoms with E-state index < -0.39 is 11.6 Å². The Morgan fingerprint density at radius 1 is 1.08 bits per heavy atom. The van der Waals surface area contributed by atoms with Crippen molar-refractivity contribution in [3.8, 4) is 17.1 Å². The van der Waals surface area contributed by atoms with Crippen LogP contribution in [0.5, 0.6) is 5.75 Å². The minimum absolute atomic E-state index is 0.163. The van der Waals surface area contributed by atoms with Gasteiger partial charge in [0, 0.05) is 5.56 Å². The molecule has 0 atom stereocenters. The Hall–Kier alpha value is -3.08. The summed E-state index contributed by atoms with van der Waals surface area (Å²) in [6.45, 7) is 4.05. The van der Waals surface area contributed by atoms with Crippen LogP contribution in [0.25, 0.3) is 22.3 Å². The van der Waals surface area contributed by atoms with Crippen LogP contribution in [0.15, 0.2) is 57.7 Å². The van der Waals surface area contributed by atoms with E-state index in [1.54, 1.807) is 24.3 Å². The van der Waals surface area contributed by atoms with Crippen LogP contribution in [-0.4, -0.2) is 12.8 Å². The van der Waals surface area contributed by atoms with E-state index in [0.717, 1.165) is 5.56 Å². The Bertz CT molecular complexity index is 954. The highest BCUT2D eigenvalue weighted by Gasteiger charge is 2.21. The lowest BCUT2D eigenvalue weighted by Crippen LogP contribution is -2.17. The van der Waals surface area contributed by atoms with Gasteiger partial charge in [0.25, 0.3) is 0 Å². The first kappa shape index (κ1) is 16.8. The first-order chi connectivity index (χ1) is 12.1. The molecule has 0 saturated heterocycles. The van der Waals surface area contributed by atoms with Crippen molar-refractivity contribution in [3.63, 3.8) is 0 Å². The predicted molar refractivity (Wildman–Crippen MR) is 94.9 cm³/mol. The second-order valence-electron chi connectivity index (χ2n) is 5.65. The predicted octanol–water partition coefficient (Wildman–Crippen LogP) is 4.69. The number of hydrogen-bond acceptors (Lipinski definition) is 5. The molecule has 0 unspecified atom stereocenters. The van der Waals surface area contributed by atoms with E-state index in [0.29, 0.717) is 23.0 Å². The summed E-state index contributed by atoms with van der Waals surface area (Å²) in [5, 5.41) is 0.344. The lowest BCUT2D eigenvalue weighted by molar-refractivity contribution is 0.0984. The minimum atomic E-state index is -0.919. The van der Waals surface area contributed by atoms with E-state index in [-0.39, 0.29) is 18.1 Å². The monoisotopic (exact) mass is 338 g/mol. The molecule has 0 aliphatic rings. The van der Waals surface area contributed by atoms with Gasteiger partial charge < -0.3 is 13.9 Å². The SMILES string of the molecule is CCCOC(=O)Oc1c(-c2ccc(C)cc2)oc2ccccc2c1=O. The van der Waals surface area contributed by atoms with E-state index in [2.05, 4.69) is 0 Å². The number of hydrogen-bond donors (Lipinski definition) is 0. The van der Waals surface area contributed by atoms with Crippen molar-refractivity contribution in [1.82, 2.24) is 0 Å². The summed E-state index contributed by atoms with van der Waals surface area (Å²) in [6.07, 6.45) is -0.260. The summed E-state index contributed by atoms with van der Waals surface area (Å²) in [6, 6.07) is 14.2. The van der Waals surface area contributed by atoms with Crippen molar-refractivity contribution in [2.24, 2.45) is 0 Å². The molecule has 0 aliphatic carbocycles. The van der Waals surface area contributed by atoms with E-state index in [1.165, 1.54) is 0 Å². The number of fused-ring (bicyclic) bond motifs is 1. The van der Waals surface area contributed by atoms with Gasteiger partial charge in [0.05, 0.1) is 12.0 Å². The van der Waals surface area contributed by atoms with Crippen LogP contribution in [0.4, 0.5) is 4.79 Å². The molecule has 5 heteroatoms. The van der Waals surface area contributed by atoms with Gasteiger partial charge in [-0.2, -0.15) is 0 Å².